The molecule has 0 radical (unpaired) electrons. The van der Waals surface area contributed by atoms with Crippen LogP contribution in [-0.4, -0.2) is 18.7 Å². The van der Waals surface area contributed by atoms with Crippen LogP contribution in [-0.2, 0) is 4.79 Å². The van der Waals surface area contributed by atoms with Gasteiger partial charge in [0.15, 0.2) is 0 Å². The molecule has 1 amide bonds. The number of hydrogen-bond acceptors (Lipinski definition) is 4. The van der Waals surface area contributed by atoms with E-state index in [1.54, 1.807) is 24.3 Å². The van der Waals surface area contributed by atoms with Crippen molar-refractivity contribution in [2.75, 3.05) is 11.9 Å². The Morgan fingerprint density at radius 1 is 1.11 bits per heavy atom. The average Bonchev–Trinajstić information content (AvgIpc) is 3.12. The van der Waals surface area contributed by atoms with Crippen LogP contribution in [0.2, 0.25) is 10.0 Å². The number of hydrogen-bond donors (Lipinski definition) is 2. The Balaban J connectivity index is 1.54. The lowest BCUT2D eigenvalue weighted by molar-refractivity contribution is -0.119. The van der Waals surface area contributed by atoms with Gasteiger partial charge in [-0.3, -0.25) is 4.79 Å². The standard InChI is InChI=1S/C20H17Cl2N3O2/c1-13-5-7-14(8-6-13)23-12-19(26)25-24-11-15-9-10-18(27-15)16-3-2-4-17(21)20(16)22/h2-11,23H,12H2,1H3,(H,25,26). The molecule has 0 bridgehead atoms. The fourth-order valence-electron chi connectivity index (χ4n) is 2.32. The molecule has 2 N–H and O–H groups in total. The SMILES string of the molecule is Cc1ccc(NCC(=O)NN=Cc2ccc(-c3cccc(Cl)c3Cl)o2)cc1. The maximum absolute atomic E-state index is 11.8. The third-order valence-corrected chi connectivity index (χ3v) is 4.55. The van der Waals surface area contributed by atoms with Crippen LogP contribution in [0.3, 0.4) is 0 Å². The second kappa shape index (κ2) is 8.75. The Morgan fingerprint density at radius 2 is 1.89 bits per heavy atom. The van der Waals surface area contributed by atoms with Gasteiger partial charge in [-0.2, -0.15) is 5.10 Å². The summed E-state index contributed by atoms with van der Waals surface area (Å²) in [5.74, 6) is 0.778. The number of nitrogens with one attached hydrogen (secondary N) is 2. The van der Waals surface area contributed by atoms with Crippen molar-refractivity contribution < 1.29 is 9.21 Å². The summed E-state index contributed by atoms with van der Waals surface area (Å²) in [6, 6.07) is 16.6. The summed E-state index contributed by atoms with van der Waals surface area (Å²) < 4.78 is 5.67. The van der Waals surface area contributed by atoms with Crippen molar-refractivity contribution >= 4 is 41.0 Å². The zero-order valence-corrected chi connectivity index (χ0v) is 16.0. The number of carbonyl (C=O) groups is 1. The van der Waals surface area contributed by atoms with Crippen LogP contribution >= 0.6 is 23.2 Å². The van der Waals surface area contributed by atoms with Crippen LogP contribution in [0.1, 0.15) is 11.3 Å². The van der Waals surface area contributed by atoms with E-state index < -0.39 is 0 Å². The van der Waals surface area contributed by atoms with Gasteiger partial charge < -0.3 is 9.73 Å². The van der Waals surface area contributed by atoms with E-state index in [4.69, 9.17) is 27.6 Å². The average molecular weight is 402 g/mol. The van der Waals surface area contributed by atoms with Crippen LogP contribution in [0.25, 0.3) is 11.3 Å². The number of furan rings is 1. The first-order chi connectivity index (χ1) is 13.0. The van der Waals surface area contributed by atoms with Crippen molar-refractivity contribution in [2.24, 2.45) is 5.10 Å². The van der Waals surface area contributed by atoms with E-state index in [0.717, 1.165) is 11.3 Å². The summed E-state index contributed by atoms with van der Waals surface area (Å²) in [7, 11) is 0. The van der Waals surface area contributed by atoms with Gasteiger partial charge in [-0.1, -0.05) is 47.0 Å². The van der Waals surface area contributed by atoms with E-state index in [9.17, 15) is 4.79 Å². The van der Waals surface area contributed by atoms with E-state index in [1.807, 2.05) is 37.3 Å². The van der Waals surface area contributed by atoms with E-state index in [0.29, 0.717) is 27.1 Å². The molecule has 0 atom stereocenters. The van der Waals surface area contributed by atoms with Crippen molar-refractivity contribution in [2.45, 2.75) is 6.92 Å². The molecule has 3 aromatic rings. The minimum absolute atomic E-state index is 0.113. The van der Waals surface area contributed by atoms with Crippen molar-refractivity contribution in [3.05, 3.63) is 76.0 Å². The summed E-state index contributed by atoms with van der Waals surface area (Å²) in [6.07, 6.45) is 1.42. The molecule has 0 spiro atoms. The van der Waals surface area contributed by atoms with E-state index in [-0.39, 0.29) is 12.5 Å². The summed E-state index contributed by atoms with van der Waals surface area (Å²) in [5, 5.41) is 7.79. The van der Waals surface area contributed by atoms with Crippen molar-refractivity contribution in [3.8, 4) is 11.3 Å². The van der Waals surface area contributed by atoms with Gasteiger partial charge in [0.25, 0.3) is 5.91 Å². The zero-order valence-electron chi connectivity index (χ0n) is 14.5. The maximum atomic E-state index is 11.8. The fourth-order valence-corrected chi connectivity index (χ4v) is 2.72. The van der Waals surface area contributed by atoms with E-state index in [2.05, 4.69) is 15.8 Å². The Morgan fingerprint density at radius 3 is 2.67 bits per heavy atom. The molecule has 0 unspecified atom stereocenters. The molecule has 0 saturated heterocycles. The first-order valence-electron chi connectivity index (χ1n) is 8.19. The van der Waals surface area contributed by atoms with Gasteiger partial charge in [0, 0.05) is 11.3 Å². The first kappa shape index (κ1) is 19.0. The summed E-state index contributed by atoms with van der Waals surface area (Å²) in [4.78, 5) is 11.8. The number of rotatable bonds is 6. The molecule has 2 aromatic carbocycles. The third-order valence-electron chi connectivity index (χ3n) is 3.73. The molecule has 1 aromatic heterocycles. The second-order valence-electron chi connectivity index (χ2n) is 5.82. The Hall–Kier alpha value is -2.76. The number of aryl methyl sites for hydroxylation is 1. The van der Waals surface area contributed by atoms with Gasteiger partial charge in [0.2, 0.25) is 0 Å². The molecule has 0 aliphatic rings. The summed E-state index contributed by atoms with van der Waals surface area (Å²) in [6.45, 7) is 2.12. The molecular formula is C20H17Cl2N3O2. The maximum Gasteiger partial charge on any atom is 0.259 e. The quantitative estimate of drug-likeness (QED) is 0.444. The molecule has 0 aliphatic heterocycles. The van der Waals surface area contributed by atoms with Gasteiger partial charge in [0.05, 0.1) is 22.8 Å². The number of halogens is 2. The van der Waals surface area contributed by atoms with Gasteiger partial charge in [-0.05, 0) is 43.3 Å². The highest BCUT2D eigenvalue weighted by molar-refractivity contribution is 6.43. The molecule has 1 heterocycles. The van der Waals surface area contributed by atoms with E-state index in [1.165, 1.54) is 6.21 Å². The van der Waals surface area contributed by atoms with E-state index >= 15 is 0 Å². The molecule has 7 heteroatoms. The minimum atomic E-state index is -0.267. The number of benzene rings is 2. The summed E-state index contributed by atoms with van der Waals surface area (Å²) >= 11 is 12.2. The fraction of sp³-hybridized carbons (Fsp3) is 0.100. The zero-order chi connectivity index (χ0) is 19.2. The smallest absolute Gasteiger partial charge is 0.259 e. The Labute approximate surface area is 167 Å². The summed E-state index contributed by atoms with van der Waals surface area (Å²) in [5.41, 5.74) is 5.16. The highest BCUT2D eigenvalue weighted by Crippen LogP contribution is 2.34. The molecule has 3 rings (SSSR count). The van der Waals surface area contributed by atoms with Crippen LogP contribution < -0.4 is 10.7 Å². The predicted octanol–water partition coefficient (Wildman–Crippen LogP) is 5.12. The highest BCUT2D eigenvalue weighted by atomic mass is 35.5. The van der Waals surface area contributed by atoms with Crippen LogP contribution in [0.4, 0.5) is 5.69 Å². The largest absolute Gasteiger partial charge is 0.455 e. The normalized spacial score (nSPS) is 10.9. The van der Waals surface area contributed by atoms with Crippen LogP contribution in [0.15, 0.2) is 64.1 Å². The van der Waals surface area contributed by atoms with Crippen LogP contribution in [0.5, 0.6) is 0 Å². The molecular weight excluding hydrogens is 385 g/mol. The number of anilines is 1. The lowest BCUT2D eigenvalue weighted by Crippen LogP contribution is -2.25. The van der Waals surface area contributed by atoms with Gasteiger partial charge in [0.1, 0.15) is 11.5 Å². The van der Waals surface area contributed by atoms with Gasteiger partial charge >= 0.3 is 0 Å². The lowest BCUT2D eigenvalue weighted by atomic mass is 10.2. The number of nitrogens with zero attached hydrogens (tertiary/aromatic N) is 1. The molecule has 0 fully saturated rings. The number of carbonyl (C=O) groups excluding carboxylic acids is 1. The third kappa shape index (κ3) is 5.12. The molecule has 0 saturated carbocycles. The predicted molar refractivity (Wildman–Crippen MR) is 110 cm³/mol. The minimum Gasteiger partial charge on any atom is -0.455 e. The molecule has 138 valence electrons. The monoisotopic (exact) mass is 401 g/mol. The number of hydrazone groups is 1. The molecule has 27 heavy (non-hydrogen) atoms. The lowest BCUT2D eigenvalue weighted by Gasteiger charge is -2.05. The Kier molecular flexibility index (Phi) is 6.16. The first-order valence-corrected chi connectivity index (χ1v) is 8.95. The van der Waals surface area contributed by atoms with Crippen molar-refractivity contribution in [1.82, 2.24) is 5.43 Å². The van der Waals surface area contributed by atoms with Crippen LogP contribution in [0, 0.1) is 6.92 Å². The highest BCUT2D eigenvalue weighted by Gasteiger charge is 2.10. The Bertz CT molecular complexity index is 966. The molecule has 5 nitrogen and oxygen atoms in total. The van der Waals surface area contributed by atoms with Crippen molar-refractivity contribution in [1.29, 1.82) is 0 Å². The second-order valence-corrected chi connectivity index (χ2v) is 6.60. The molecule has 0 aliphatic carbocycles. The van der Waals surface area contributed by atoms with Gasteiger partial charge in [-0.25, -0.2) is 5.43 Å². The van der Waals surface area contributed by atoms with Crippen molar-refractivity contribution in [3.63, 3.8) is 0 Å². The topological polar surface area (TPSA) is 66.6 Å². The number of amides is 1. The van der Waals surface area contributed by atoms with Gasteiger partial charge in [-0.15, -0.1) is 0 Å².